The Kier molecular flexibility index (Phi) is 5.88. The lowest BCUT2D eigenvalue weighted by Crippen LogP contribution is -2.30. The van der Waals surface area contributed by atoms with Crippen LogP contribution in [0.4, 0.5) is 5.69 Å². The highest BCUT2D eigenvalue weighted by molar-refractivity contribution is 5.96. The van der Waals surface area contributed by atoms with Crippen molar-refractivity contribution < 1.29 is 9.59 Å². The van der Waals surface area contributed by atoms with Crippen molar-refractivity contribution in [2.45, 2.75) is 32.4 Å². The maximum Gasteiger partial charge on any atom is 0.242 e. The van der Waals surface area contributed by atoms with Crippen LogP contribution in [0.2, 0.25) is 0 Å². The molecule has 1 saturated heterocycles. The number of imidazole rings is 1. The second-order valence-electron chi connectivity index (χ2n) is 9.02. The first-order chi connectivity index (χ1) is 16.5. The van der Waals surface area contributed by atoms with Crippen LogP contribution in [-0.4, -0.2) is 39.9 Å². The van der Waals surface area contributed by atoms with Gasteiger partial charge in [-0.1, -0.05) is 60.2 Å². The van der Waals surface area contributed by atoms with Crippen molar-refractivity contribution in [1.29, 1.82) is 0 Å². The van der Waals surface area contributed by atoms with Crippen molar-refractivity contribution in [3.05, 3.63) is 95.8 Å². The second-order valence-corrected chi connectivity index (χ2v) is 9.02. The van der Waals surface area contributed by atoms with Crippen molar-refractivity contribution in [2.75, 3.05) is 18.5 Å². The van der Waals surface area contributed by atoms with Gasteiger partial charge in [0.05, 0.1) is 11.0 Å². The zero-order valence-corrected chi connectivity index (χ0v) is 19.5. The molecule has 0 aliphatic carbocycles. The molecule has 0 saturated carbocycles. The lowest BCUT2D eigenvalue weighted by Gasteiger charge is -2.20. The summed E-state index contributed by atoms with van der Waals surface area (Å²) in [6.45, 7) is 3.32. The Morgan fingerprint density at radius 2 is 1.71 bits per heavy atom. The van der Waals surface area contributed by atoms with Gasteiger partial charge in [0.25, 0.3) is 0 Å². The smallest absolute Gasteiger partial charge is 0.242 e. The zero-order valence-electron chi connectivity index (χ0n) is 19.5. The van der Waals surface area contributed by atoms with E-state index in [4.69, 9.17) is 4.98 Å². The number of aryl methyl sites for hydroxylation is 1. The van der Waals surface area contributed by atoms with E-state index in [2.05, 4.69) is 0 Å². The van der Waals surface area contributed by atoms with Gasteiger partial charge in [-0.2, -0.15) is 0 Å². The number of rotatable bonds is 6. The molecule has 0 radical (unpaired) electrons. The van der Waals surface area contributed by atoms with Crippen molar-refractivity contribution >= 4 is 28.5 Å². The summed E-state index contributed by atoms with van der Waals surface area (Å²) >= 11 is 0. The minimum atomic E-state index is -0.0755. The van der Waals surface area contributed by atoms with Crippen molar-refractivity contribution in [2.24, 2.45) is 0 Å². The van der Waals surface area contributed by atoms with E-state index in [0.29, 0.717) is 19.5 Å². The minimum Gasteiger partial charge on any atom is -0.340 e. The van der Waals surface area contributed by atoms with Crippen LogP contribution in [0.1, 0.15) is 29.3 Å². The number of carbonyl (C=O) groups is 2. The molecule has 1 fully saturated rings. The lowest BCUT2D eigenvalue weighted by molar-refractivity contribution is -0.131. The second kappa shape index (κ2) is 9.14. The molecular weight excluding hydrogens is 424 g/mol. The Bertz CT molecular complexity index is 1330. The van der Waals surface area contributed by atoms with Gasteiger partial charge in [-0.3, -0.25) is 9.59 Å². The molecule has 1 unspecified atom stereocenters. The third-order valence-corrected chi connectivity index (χ3v) is 6.50. The number of anilines is 1. The van der Waals surface area contributed by atoms with E-state index < -0.39 is 0 Å². The van der Waals surface area contributed by atoms with Gasteiger partial charge >= 0.3 is 0 Å². The number of hydrogen-bond donors (Lipinski definition) is 0. The molecule has 4 aromatic rings. The molecule has 2 heterocycles. The Morgan fingerprint density at radius 3 is 2.47 bits per heavy atom. The molecule has 1 aliphatic rings. The van der Waals surface area contributed by atoms with Gasteiger partial charge in [-0.15, -0.1) is 0 Å². The first kappa shape index (κ1) is 21.9. The Balaban J connectivity index is 1.42. The molecule has 1 aromatic heterocycles. The van der Waals surface area contributed by atoms with E-state index >= 15 is 0 Å². The summed E-state index contributed by atoms with van der Waals surface area (Å²) in [4.78, 5) is 34.6. The molecule has 0 spiro atoms. The average molecular weight is 453 g/mol. The molecule has 0 bridgehead atoms. The molecule has 1 atom stereocenters. The quantitative estimate of drug-likeness (QED) is 0.432. The van der Waals surface area contributed by atoms with Gasteiger partial charge < -0.3 is 14.4 Å². The minimum absolute atomic E-state index is 0.00738. The maximum absolute atomic E-state index is 13.2. The number of fused-ring (bicyclic) bond motifs is 1. The van der Waals surface area contributed by atoms with Gasteiger partial charge in [0.15, 0.2) is 0 Å². The van der Waals surface area contributed by atoms with Crippen molar-refractivity contribution in [3.8, 4) is 0 Å². The Morgan fingerprint density at radius 1 is 1.00 bits per heavy atom. The number of hydrogen-bond acceptors (Lipinski definition) is 3. The van der Waals surface area contributed by atoms with Crippen LogP contribution >= 0.6 is 0 Å². The van der Waals surface area contributed by atoms with Crippen LogP contribution in [0, 0.1) is 6.92 Å². The number of amides is 2. The molecule has 6 heteroatoms. The summed E-state index contributed by atoms with van der Waals surface area (Å²) in [5.41, 5.74) is 4.91. The standard InChI is InChI=1S/C28H28N4O2/c1-20-12-14-23(15-13-20)31-18-22(16-26(31)33)28-29-24-10-6-7-11-25(24)32(28)19-27(34)30(2)17-21-8-4-3-5-9-21/h3-15,22H,16-19H2,1-2H3. The normalized spacial score (nSPS) is 15.8. The van der Waals surface area contributed by atoms with E-state index in [-0.39, 0.29) is 24.3 Å². The number of carbonyl (C=O) groups excluding carboxylic acids is 2. The predicted octanol–water partition coefficient (Wildman–Crippen LogP) is 4.52. The van der Waals surface area contributed by atoms with E-state index in [0.717, 1.165) is 33.7 Å². The SMILES string of the molecule is Cc1ccc(N2CC(c3nc4ccccc4n3CC(=O)N(C)Cc3ccccc3)CC2=O)cc1. The molecule has 34 heavy (non-hydrogen) atoms. The third kappa shape index (κ3) is 4.31. The molecule has 3 aromatic carbocycles. The maximum atomic E-state index is 13.2. The Hall–Kier alpha value is -3.93. The molecule has 5 rings (SSSR count). The number of likely N-dealkylation sites (N-methyl/N-ethyl adjacent to an activating group) is 1. The highest BCUT2D eigenvalue weighted by Gasteiger charge is 2.35. The summed E-state index contributed by atoms with van der Waals surface area (Å²) in [5.74, 6) is 0.812. The first-order valence-electron chi connectivity index (χ1n) is 11.6. The zero-order chi connectivity index (χ0) is 23.7. The number of benzene rings is 3. The number of nitrogens with zero attached hydrogens (tertiary/aromatic N) is 4. The van der Waals surface area contributed by atoms with E-state index in [1.807, 2.05) is 102 Å². The molecule has 0 N–H and O–H groups in total. The monoisotopic (exact) mass is 452 g/mol. The summed E-state index contributed by atoms with van der Waals surface area (Å²) < 4.78 is 2.00. The highest BCUT2D eigenvalue weighted by Crippen LogP contribution is 2.33. The van der Waals surface area contributed by atoms with E-state index in [1.54, 1.807) is 4.90 Å². The topological polar surface area (TPSA) is 58.4 Å². The van der Waals surface area contributed by atoms with Crippen LogP contribution in [0.15, 0.2) is 78.9 Å². The van der Waals surface area contributed by atoms with Gasteiger partial charge in [-0.25, -0.2) is 4.98 Å². The molecule has 1 aliphatic heterocycles. The molecule has 2 amide bonds. The van der Waals surface area contributed by atoms with Crippen LogP contribution < -0.4 is 4.90 Å². The van der Waals surface area contributed by atoms with Crippen molar-refractivity contribution in [1.82, 2.24) is 14.5 Å². The van der Waals surface area contributed by atoms with Crippen molar-refractivity contribution in [3.63, 3.8) is 0 Å². The average Bonchev–Trinajstić information content (AvgIpc) is 3.41. The van der Waals surface area contributed by atoms with E-state index in [1.165, 1.54) is 0 Å². The number of para-hydroxylation sites is 2. The summed E-state index contributed by atoms with van der Waals surface area (Å²) in [5, 5.41) is 0. The lowest BCUT2D eigenvalue weighted by atomic mass is 10.1. The highest BCUT2D eigenvalue weighted by atomic mass is 16.2. The fourth-order valence-electron chi connectivity index (χ4n) is 4.63. The van der Waals surface area contributed by atoms with Gasteiger partial charge in [0, 0.05) is 38.2 Å². The summed E-state index contributed by atoms with van der Waals surface area (Å²) in [6.07, 6.45) is 0.380. The fraction of sp³-hybridized carbons (Fsp3) is 0.250. The summed E-state index contributed by atoms with van der Waals surface area (Å²) in [6, 6.07) is 25.8. The molecule has 6 nitrogen and oxygen atoms in total. The largest absolute Gasteiger partial charge is 0.340 e. The fourth-order valence-corrected chi connectivity index (χ4v) is 4.63. The van der Waals surface area contributed by atoms with Crippen LogP contribution in [0.25, 0.3) is 11.0 Å². The molecular formula is C28H28N4O2. The first-order valence-corrected chi connectivity index (χ1v) is 11.6. The predicted molar refractivity (Wildman–Crippen MR) is 134 cm³/mol. The van der Waals surface area contributed by atoms with Crippen LogP contribution in [0.5, 0.6) is 0 Å². The Labute approximate surface area is 199 Å². The van der Waals surface area contributed by atoms with Gasteiger partial charge in [0.2, 0.25) is 11.8 Å². The van der Waals surface area contributed by atoms with Gasteiger partial charge in [0.1, 0.15) is 12.4 Å². The van der Waals surface area contributed by atoms with Crippen LogP contribution in [0.3, 0.4) is 0 Å². The van der Waals surface area contributed by atoms with E-state index in [9.17, 15) is 9.59 Å². The third-order valence-electron chi connectivity index (χ3n) is 6.50. The van der Waals surface area contributed by atoms with Crippen LogP contribution in [-0.2, 0) is 22.7 Å². The molecule has 172 valence electrons. The number of aromatic nitrogens is 2. The summed E-state index contributed by atoms with van der Waals surface area (Å²) in [7, 11) is 1.83. The van der Waals surface area contributed by atoms with Gasteiger partial charge in [-0.05, 0) is 36.8 Å².